The molecule has 0 unspecified atom stereocenters. The molecule has 0 spiro atoms. The maximum absolute atomic E-state index is 4.24. The second-order valence-electron chi connectivity index (χ2n) is 2.77. The van der Waals surface area contributed by atoms with E-state index in [0.717, 1.165) is 16.6 Å². The summed E-state index contributed by atoms with van der Waals surface area (Å²) in [5.74, 6) is 0. The maximum atomic E-state index is 4.24. The molecule has 0 fully saturated rings. The number of para-hydroxylation sites is 1. The van der Waals surface area contributed by atoms with Gasteiger partial charge < -0.3 is 4.57 Å². The minimum Gasteiger partial charge on any atom is -0.333 e. The van der Waals surface area contributed by atoms with Crippen molar-refractivity contribution in [1.82, 2.24) is 9.55 Å². The Labute approximate surface area is 71.2 Å². The van der Waals surface area contributed by atoms with Crippen molar-refractivity contribution < 1.29 is 0 Å². The Kier molecular flexibility index (Phi) is 1.47. The monoisotopic (exact) mass is 158 g/mol. The van der Waals surface area contributed by atoms with E-state index in [2.05, 4.69) is 11.6 Å². The van der Waals surface area contributed by atoms with Gasteiger partial charge in [-0.15, -0.1) is 0 Å². The zero-order chi connectivity index (χ0) is 8.55. The molecule has 2 heteroatoms. The summed E-state index contributed by atoms with van der Waals surface area (Å²) in [7, 11) is 1.99. The fourth-order valence-corrected chi connectivity index (χ4v) is 1.41. The van der Waals surface area contributed by atoms with E-state index in [1.54, 1.807) is 0 Å². The van der Waals surface area contributed by atoms with Crippen molar-refractivity contribution >= 4 is 17.1 Å². The second kappa shape index (κ2) is 2.48. The van der Waals surface area contributed by atoms with Gasteiger partial charge in [-0.2, -0.15) is 0 Å². The molecule has 2 rings (SSSR count). The van der Waals surface area contributed by atoms with Crippen LogP contribution in [0, 0.1) is 0 Å². The van der Waals surface area contributed by atoms with Gasteiger partial charge in [-0.05, 0) is 11.6 Å². The first-order valence-corrected chi connectivity index (χ1v) is 3.85. The van der Waals surface area contributed by atoms with Crippen molar-refractivity contribution in [2.24, 2.45) is 7.05 Å². The molecular formula is C10H10N2. The number of fused-ring (bicyclic) bond motifs is 1. The van der Waals surface area contributed by atoms with E-state index in [1.807, 2.05) is 42.2 Å². The first-order chi connectivity index (χ1) is 5.83. The van der Waals surface area contributed by atoms with Gasteiger partial charge in [-0.3, -0.25) is 0 Å². The lowest BCUT2D eigenvalue weighted by molar-refractivity contribution is 0.947. The Morgan fingerprint density at radius 2 is 2.33 bits per heavy atom. The number of aryl methyl sites for hydroxylation is 1. The van der Waals surface area contributed by atoms with Crippen LogP contribution >= 0.6 is 0 Å². The maximum Gasteiger partial charge on any atom is 0.0955 e. The summed E-state index contributed by atoms with van der Waals surface area (Å²) in [5.41, 5.74) is 3.30. The average molecular weight is 158 g/mol. The molecule has 0 bridgehead atoms. The van der Waals surface area contributed by atoms with Crippen molar-refractivity contribution in [3.63, 3.8) is 0 Å². The van der Waals surface area contributed by atoms with Crippen LogP contribution in [0.5, 0.6) is 0 Å². The second-order valence-corrected chi connectivity index (χ2v) is 2.77. The van der Waals surface area contributed by atoms with Crippen LogP contribution in [-0.4, -0.2) is 9.55 Å². The first kappa shape index (κ1) is 7.10. The Balaban J connectivity index is 2.93. The van der Waals surface area contributed by atoms with Crippen LogP contribution in [0.1, 0.15) is 5.56 Å². The summed E-state index contributed by atoms with van der Waals surface area (Å²) in [6, 6.07) is 6.03. The molecule has 1 aromatic carbocycles. The summed E-state index contributed by atoms with van der Waals surface area (Å²) < 4.78 is 2.01. The highest BCUT2D eigenvalue weighted by Crippen LogP contribution is 2.17. The number of nitrogens with zero attached hydrogens (tertiary/aromatic N) is 2. The molecule has 0 N–H and O–H groups in total. The predicted molar refractivity (Wildman–Crippen MR) is 50.8 cm³/mol. The largest absolute Gasteiger partial charge is 0.333 e. The van der Waals surface area contributed by atoms with Gasteiger partial charge in [-0.25, -0.2) is 4.98 Å². The third kappa shape index (κ3) is 0.848. The SMILES string of the molecule is C=Cc1cccc2ncn(C)c12. The smallest absolute Gasteiger partial charge is 0.0955 e. The van der Waals surface area contributed by atoms with Crippen LogP contribution in [-0.2, 0) is 7.05 Å². The summed E-state index contributed by atoms with van der Waals surface area (Å²) in [4.78, 5) is 4.24. The Morgan fingerprint density at radius 3 is 3.08 bits per heavy atom. The summed E-state index contributed by atoms with van der Waals surface area (Å²) in [6.45, 7) is 3.76. The van der Waals surface area contributed by atoms with Crippen molar-refractivity contribution in [2.75, 3.05) is 0 Å². The lowest BCUT2D eigenvalue weighted by Crippen LogP contribution is -1.86. The molecule has 0 amide bonds. The van der Waals surface area contributed by atoms with E-state index in [0.29, 0.717) is 0 Å². The van der Waals surface area contributed by atoms with Crippen LogP contribution in [0.15, 0.2) is 31.1 Å². The lowest BCUT2D eigenvalue weighted by Gasteiger charge is -1.98. The molecule has 60 valence electrons. The van der Waals surface area contributed by atoms with Crippen molar-refractivity contribution in [1.29, 1.82) is 0 Å². The van der Waals surface area contributed by atoms with Gasteiger partial charge in [-0.1, -0.05) is 24.8 Å². The molecule has 2 nitrogen and oxygen atoms in total. The zero-order valence-electron chi connectivity index (χ0n) is 6.99. The zero-order valence-corrected chi connectivity index (χ0v) is 6.99. The van der Waals surface area contributed by atoms with E-state index in [1.165, 1.54) is 0 Å². The summed E-state index contributed by atoms with van der Waals surface area (Å²) >= 11 is 0. The summed E-state index contributed by atoms with van der Waals surface area (Å²) in [6.07, 6.45) is 3.67. The number of rotatable bonds is 1. The minimum atomic E-state index is 1.02. The standard InChI is InChI=1S/C10H10N2/c1-3-8-5-4-6-9-10(8)12(2)7-11-9/h3-7H,1H2,2H3. The van der Waals surface area contributed by atoms with Crippen molar-refractivity contribution in [3.05, 3.63) is 36.7 Å². The van der Waals surface area contributed by atoms with Crippen LogP contribution in [0.3, 0.4) is 0 Å². The number of aromatic nitrogens is 2. The molecule has 2 aromatic rings. The number of benzene rings is 1. The van der Waals surface area contributed by atoms with E-state index in [9.17, 15) is 0 Å². The van der Waals surface area contributed by atoms with Crippen LogP contribution in [0.4, 0.5) is 0 Å². The first-order valence-electron chi connectivity index (χ1n) is 3.85. The van der Waals surface area contributed by atoms with Gasteiger partial charge in [0, 0.05) is 7.05 Å². The molecule has 0 aliphatic heterocycles. The van der Waals surface area contributed by atoms with Gasteiger partial charge in [0.2, 0.25) is 0 Å². The highest BCUT2D eigenvalue weighted by Gasteiger charge is 2.01. The predicted octanol–water partition coefficient (Wildman–Crippen LogP) is 2.22. The lowest BCUT2D eigenvalue weighted by atomic mass is 10.2. The van der Waals surface area contributed by atoms with E-state index < -0.39 is 0 Å². The molecule has 0 aliphatic rings. The number of hydrogen-bond donors (Lipinski definition) is 0. The molecule has 12 heavy (non-hydrogen) atoms. The topological polar surface area (TPSA) is 17.8 Å². The Morgan fingerprint density at radius 1 is 1.50 bits per heavy atom. The van der Waals surface area contributed by atoms with Gasteiger partial charge >= 0.3 is 0 Å². The normalized spacial score (nSPS) is 10.4. The van der Waals surface area contributed by atoms with Crippen LogP contribution < -0.4 is 0 Å². The molecule has 0 aliphatic carbocycles. The van der Waals surface area contributed by atoms with Crippen molar-refractivity contribution in [2.45, 2.75) is 0 Å². The quantitative estimate of drug-likeness (QED) is 0.622. The highest BCUT2D eigenvalue weighted by atomic mass is 15.0. The molecule has 0 radical (unpaired) electrons. The molecular weight excluding hydrogens is 148 g/mol. The molecule has 0 saturated heterocycles. The Bertz CT molecular complexity index is 426. The molecule has 1 aromatic heterocycles. The van der Waals surface area contributed by atoms with Gasteiger partial charge in [0.05, 0.1) is 17.4 Å². The number of imidazole rings is 1. The van der Waals surface area contributed by atoms with E-state index in [4.69, 9.17) is 0 Å². The highest BCUT2D eigenvalue weighted by molar-refractivity contribution is 5.84. The molecule has 0 atom stereocenters. The molecule has 0 saturated carbocycles. The van der Waals surface area contributed by atoms with Crippen molar-refractivity contribution in [3.8, 4) is 0 Å². The van der Waals surface area contributed by atoms with E-state index in [-0.39, 0.29) is 0 Å². The Hall–Kier alpha value is -1.57. The van der Waals surface area contributed by atoms with Gasteiger partial charge in [0.15, 0.2) is 0 Å². The fourth-order valence-electron chi connectivity index (χ4n) is 1.41. The average Bonchev–Trinajstić information content (AvgIpc) is 2.48. The molecule has 1 heterocycles. The van der Waals surface area contributed by atoms with Crippen LogP contribution in [0.2, 0.25) is 0 Å². The number of hydrogen-bond acceptors (Lipinski definition) is 1. The van der Waals surface area contributed by atoms with Gasteiger partial charge in [0.1, 0.15) is 0 Å². The fraction of sp³-hybridized carbons (Fsp3) is 0.100. The summed E-state index contributed by atoms with van der Waals surface area (Å²) in [5, 5.41) is 0. The van der Waals surface area contributed by atoms with Crippen LogP contribution in [0.25, 0.3) is 17.1 Å². The third-order valence-corrected chi connectivity index (χ3v) is 1.99. The van der Waals surface area contributed by atoms with Gasteiger partial charge in [0.25, 0.3) is 0 Å². The minimum absolute atomic E-state index is 1.02. The van der Waals surface area contributed by atoms with E-state index >= 15 is 0 Å². The third-order valence-electron chi connectivity index (χ3n) is 1.99.